The third kappa shape index (κ3) is 3.54. The Balaban J connectivity index is 1.95. The molecule has 1 aromatic heterocycles. The smallest absolute Gasteiger partial charge is 0.244 e. The van der Waals surface area contributed by atoms with Gasteiger partial charge in [-0.15, -0.1) is 0 Å². The fraction of sp³-hybridized carbons (Fsp3) is 0.583. The zero-order valence-electron chi connectivity index (χ0n) is 11.1. The van der Waals surface area contributed by atoms with E-state index in [0.717, 1.165) is 25.9 Å². The number of nitrogens with two attached hydrogens (primary N) is 1. The summed E-state index contributed by atoms with van der Waals surface area (Å²) in [6.45, 7) is 3.54. The van der Waals surface area contributed by atoms with E-state index < -0.39 is 0 Å². The van der Waals surface area contributed by atoms with Gasteiger partial charge in [-0.2, -0.15) is 4.98 Å². The second-order valence-corrected chi connectivity index (χ2v) is 4.66. The molecule has 0 bridgehead atoms. The number of nitrogen functional groups attached to an aromatic ring is 1. The van der Waals surface area contributed by atoms with Crippen molar-refractivity contribution in [1.82, 2.24) is 14.9 Å². The highest BCUT2D eigenvalue weighted by Gasteiger charge is 2.22. The molecule has 104 valence electrons. The number of amides is 1. The lowest BCUT2D eigenvalue weighted by Gasteiger charge is -2.29. The molecule has 0 aliphatic carbocycles. The monoisotopic (exact) mass is 264 g/mol. The summed E-state index contributed by atoms with van der Waals surface area (Å²) >= 11 is 0. The van der Waals surface area contributed by atoms with Crippen molar-refractivity contribution in [1.29, 1.82) is 0 Å². The molecule has 0 saturated carbocycles. The van der Waals surface area contributed by atoms with Crippen molar-refractivity contribution >= 4 is 17.7 Å². The van der Waals surface area contributed by atoms with Crippen molar-refractivity contribution in [2.45, 2.75) is 32.2 Å². The molecule has 0 radical (unpaired) electrons. The fourth-order valence-electron chi connectivity index (χ4n) is 2.18. The summed E-state index contributed by atoms with van der Waals surface area (Å²) in [6, 6.07) is 1.40. The zero-order chi connectivity index (χ0) is 13.7. The molecular formula is C12H20N6O. The van der Waals surface area contributed by atoms with Gasteiger partial charge < -0.3 is 10.2 Å². The lowest BCUT2D eigenvalue weighted by Crippen LogP contribution is -2.44. The van der Waals surface area contributed by atoms with Crippen LogP contribution in [0.5, 0.6) is 0 Å². The van der Waals surface area contributed by atoms with Crippen molar-refractivity contribution in [3.05, 3.63) is 12.3 Å². The molecule has 1 aromatic rings. The van der Waals surface area contributed by atoms with Crippen LogP contribution in [0.4, 0.5) is 11.8 Å². The zero-order valence-corrected chi connectivity index (χ0v) is 11.1. The van der Waals surface area contributed by atoms with Gasteiger partial charge in [-0.25, -0.2) is 10.8 Å². The average Bonchev–Trinajstić information content (AvgIpc) is 2.47. The number of hydrogen-bond donors (Lipinski definition) is 3. The number of carbonyl (C=O) groups is 1. The quantitative estimate of drug-likeness (QED) is 0.543. The number of hydrogen-bond acceptors (Lipinski definition) is 6. The molecule has 1 amide bonds. The second kappa shape index (κ2) is 6.33. The minimum Gasteiger partial charge on any atom is -0.358 e. The third-order valence-electron chi connectivity index (χ3n) is 3.19. The molecule has 1 aliphatic rings. The van der Waals surface area contributed by atoms with Crippen LogP contribution < -0.4 is 16.6 Å². The number of nitrogens with one attached hydrogen (secondary N) is 2. The number of likely N-dealkylation sites (tertiary alicyclic amines) is 1. The maximum absolute atomic E-state index is 12.2. The molecule has 1 unspecified atom stereocenters. The molecule has 4 N–H and O–H groups in total. The average molecular weight is 264 g/mol. The van der Waals surface area contributed by atoms with Gasteiger partial charge in [0, 0.05) is 19.3 Å². The molecule has 7 nitrogen and oxygen atoms in total. The Kier molecular flexibility index (Phi) is 4.51. The van der Waals surface area contributed by atoms with Gasteiger partial charge in [0.15, 0.2) is 0 Å². The highest BCUT2D eigenvalue weighted by atomic mass is 16.2. The minimum atomic E-state index is -0.307. The van der Waals surface area contributed by atoms with Crippen LogP contribution in [0.15, 0.2) is 12.3 Å². The van der Waals surface area contributed by atoms with E-state index in [4.69, 9.17) is 5.84 Å². The molecule has 7 heteroatoms. The van der Waals surface area contributed by atoms with E-state index in [0.29, 0.717) is 11.8 Å². The van der Waals surface area contributed by atoms with E-state index in [1.165, 1.54) is 6.42 Å². The standard InChI is InChI=1S/C12H20N6O/c1-9(11(19)18-7-3-2-4-8-18)15-10-5-6-14-12(16-10)17-13/h5-6,9H,2-4,7-8,13H2,1H3,(H2,14,15,16,17). The summed E-state index contributed by atoms with van der Waals surface area (Å²) in [5.41, 5.74) is 2.38. The Morgan fingerprint density at radius 3 is 2.84 bits per heavy atom. The normalized spacial score (nSPS) is 16.8. The van der Waals surface area contributed by atoms with Crippen molar-refractivity contribution in [2.75, 3.05) is 23.8 Å². The first kappa shape index (κ1) is 13.5. The molecule has 1 fully saturated rings. The van der Waals surface area contributed by atoms with Crippen LogP contribution in [0.1, 0.15) is 26.2 Å². The van der Waals surface area contributed by atoms with Gasteiger partial charge in [0.05, 0.1) is 0 Å². The SMILES string of the molecule is CC(Nc1ccnc(NN)n1)C(=O)N1CCCCC1. The van der Waals surface area contributed by atoms with Crippen molar-refractivity contribution in [3.63, 3.8) is 0 Å². The van der Waals surface area contributed by atoms with E-state index in [-0.39, 0.29) is 11.9 Å². The first-order chi connectivity index (χ1) is 9.20. The van der Waals surface area contributed by atoms with Crippen LogP contribution in [0, 0.1) is 0 Å². The number of carbonyl (C=O) groups excluding carboxylic acids is 1. The molecular weight excluding hydrogens is 244 g/mol. The Hall–Kier alpha value is -1.89. The van der Waals surface area contributed by atoms with E-state index in [2.05, 4.69) is 20.7 Å². The number of piperidine rings is 1. The van der Waals surface area contributed by atoms with Crippen molar-refractivity contribution in [3.8, 4) is 0 Å². The maximum atomic E-state index is 12.2. The maximum Gasteiger partial charge on any atom is 0.244 e. The Bertz CT molecular complexity index is 432. The van der Waals surface area contributed by atoms with Gasteiger partial charge in [0.25, 0.3) is 0 Å². The van der Waals surface area contributed by atoms with Gasteiger partial charge >= 0.3 is 0 Å². The van der Waals surface area contributed by atoms with Gasteiger partial charge in [0.2, 0.25) is 11.9 Å². The number of nitrogens with zero attached hydrogens (tertiary/aromatic N) is 3. The summed E-state index contributed by atoms with van der Waals surface area (Å²) in [4.78, 5) is 22.2. The molecule has 1 saturated heterocycles. The predicted molar refractivity (Wildman–Crippen MR) is 73.4 cm³/mol. The lowest BCUT2D eigenvalue weighted by molar-refractivity contribution is -0.132. The van der Waals surface area contributed by atoms with Gasteiger partial charge in [-0.1, -0.05) is 0 Å². The van der Waals surface area contributed by atoms with E-state index in [9.17, 15) is 4.79 Å². The van der Waals surface area contributed by atoms with Crippen LogP contribution in [-0.4, -0.2) is 39.9 Å². The number of rotatable bonds is 4. The number of aromatic nitrogens is 2. The topological polar surface area (TPSA) is 96.2 Å². The summed E-state index contributed by atoms with van der Waals surface area (Å²) < 4.78 is 0. The van der Waals surface area contributed by atoms with Crippen LogP contribution >= 0.6 is 0 Å². The summed E-state index contributed by atoms with van der Waals surface area (Å²) in [6.07, 6.45) is 4.98. The molecule has 1 atom stereocenters. The Morgan fingerprint density at radius 1 is 1.42 bits per heavy atom. The largest absolute Gasteiger partial charge is 0.358 e. The first-order valence-corrected chi connectivity index (χ1v) is 6.55. The molecule has 2 rings (SSSR count). The van der Waals surface area contributed by atoms with Gasteiger partial charge in [-0.05, 0) is 32.3 Å². The van der Waals surface area contributed by atoms with Crippen LogP contribution in [0.25, 0.3) is 0 Å². The molecule has 0 spiro atoms. The predicted octanol–water partition coefficient (Wildman–Crippen LogP) is 0.575. The first-order valence-electron chi connectivity index (χ1n) is 6.55. The number of hydrazine groups is 1. The van der Waals surface area contributed by atoms with Crippen LogP contribution in [0.3, 0.4) is 0 Å². The molecule has 19 heavy (non-hydrogen) atoms. The summed E-state index contributed by atoms with van der Waals surface area (Å²) in [5, 5.41) is 3.08. The molecule has 0 aromatic carbocycles. The molecule has 2 heterocycles. The van der Waals surface area contributed by atoms with E-state index >= 15 is 0 Å². The van der Waals surface area contributed by atoms with Crippen molar-refractivity contribution in [2.24, 2.45) is 5.84 Å². The van der Waals surface area contributed by atoms with Gasteiger partial charge in [-0.3, -0.25) is 10.2 Å². The number of anilines is 2. The Labute approximate surface area is 112 Å². The summed E-state index contributed by atoms with van der Waals surface area (Å²) in [5.74, 6) is 6.27. The second-order valence-electron chi connectivity index (χ2n) is 4.66. The summed E-state index contributed by atoms with van der Waals surface area (Å²) in [7, 11) is 0. The lowest BCUT2D eigenvalue weighted by atomic mass is 10.1. The van der Waals surface area contributed by atoms with Crippen molar-refractivity contribution < 1.29 is 4.79 Å². The van der Waals surface area contributed by atoms with E-state index in [1.54, 1.807) is 12.3 Å². The fourth-order valence-corrected chi connectivity index (χ4v) is 2.18. The van der Waals surface area contributed by atoms with Gasteiger partial charge in [0.1, 0.15) is 11.9 Å². The third-order valence-corrected chi connectivity index (χ3v) is 3.19. The van der Waals surface area contributed by atoms with Crippen LogP contribution in [-0.2, 0) is 4.79 Å². The van der Waals surface area contributed by atoms with Crippen LogP contribution in [0.2, 0.25) is 0 Å². The van der Waals surface area contributed by atoms with E-state index in [1.807, 2.05) is 11.8 Å². The molecule has 1 aliphatic heterocycles. The highest BCUT2D eigenvalue weighted by Crippen LogP contribution is 2.12. The minimum absolute atomic E-state index is 0.112. The Morgan fingerprint density at radius 2 is 2.16 bits per heavy atom. The highest BCUT2D eigenvalue weighted by molar-refractivity contribution is 5.84.